The van der Waals surface area contributed by atoms with Gasteiger partial charge >= 0.3 is 6.18 Å². The number of alkyl halides is 3. The predicted molar refractivity (Wildman–Crippen MR) is 99.8 cm³/mol. The van der Waals surface area contributed by atoms with Crippen LogP contribution in [0.5, 0.6) is 5.75 Å². The topological polar surface area (TPSA) is 57.6 Å². The minimum Gasteiger partial charge on any atom is -0.507 e. The molecule has 1 unspecified atom stereocenters. The number of ketones is 1. The van der Waals surface area contributed by atoms with E-state index in [0.29, 0.717) is 18.7 Å². The molecule has 152 valence electrons. The highest BCUT2D eigenvalue weighted by Gasteiger charge is 2.51. The van der Waals surface area contributed by atoms with Gasteiger partial charge in [0.05, 0.1) is 5.56 Å². The number of halogens is 3. The van der Waals surface area contributed by atoms with Crippen LogP contribution in [0, 0.1) is 5.92 Å². The lowest BCUT2D eigenvalue weighted by Gasteiger charge is -2.20. The Morgan fingerprint density at radius 1 is 1.17 bits per heavy atom. The van der Waals surface area contributed by atoms with E-state index in [-0.39, 0.29) is 22.6 Å². The fourth-order valence-corrected chi connectivity index (χ4v) is 4.24. The average molecular weight is 403 g/mol. The lowest BCUT2D eigenvalue weighted by molar-refractivity contribution is -0.158. The molecule has 0 bridgehead atoms. The van der Waals surface area contributed by atoms with E-state index >= 15 is 0 Å². The van der Waals surface area contributed by atoms with E-state index < -0.39 is 36.0 Å². The van der Waals surface area contributed by atoms with Gasteiger partial charge in [0.25, 0.3) is 5.91 Å². The van der Waals surface area contributed by atoms with E-state index in [4.69, 9.17) is 0 Å². The number of nitrogens with zero attached hydrogens (tertiary/aromatic N) is 1. The van der Waals surface area contributed by atoms with Crippen LogP contribution < -0.4 is 0 Å². The first-order valence-corrected chi connectivity index (χ1v) is 9.45. The van der Waals surface area contributed by atoms with Crippen LogP contribution in [0.4, 0.5) is 13.2 Å². The first-order chi connectivity index (χ1) is 13.6. The molecule has 1 aliphatic heterocycles. The van der Waals surface area contributed by atoms with Gasteiger partial charge in [-0.2, -0.15) is 13.2 Å². The molecular weight excluding hydrogens is 383 g/mol. The number of hydrogen-bond donors (Lipinski definition) is 1. The molecule has 4 nitrogen and oxygen atoms in total. The van der Waals surface area contributed by atoms with Crippen molar-refractivity contribution in [2.45, 2.75) is 45.5 Å². The standard InChI is InChI=1S/C22H20F3NO3/c1-11(2)14-7-16(21(29)26-9-12-5-3-4-6-13(12)10-26)19(27)15-8-17(22(23,24)25)20(28)18(14)15/h3-7,11,17,27H,8-10H2,1-2H3. The SMILES string of the molecule is CC(C)c1cc(C(=O)N2Cc3ccccc3C2)c(O)c2c1C(=O)C(C(F)(F)F)C2. The molecule has 1 aliphatic carbocycles. The van der Waals surface area contributed by atoms with E-state index in [9.17, 15) is 27.9 Å². The number of phenolic OH excluding ortho intramolecular Hbond substituents is 1. The fraction of sp³-hybridized carbons (Fsp3) is 0.364. The largest absolute Gasteiger partial charge is 0.507 e. The molecule has 0 radical (unpaired) electrons. The number of phenols is 1. The van der Waals surface area contributed by atoms with Gasteiger partial charge in [-0.05, 0) is 35.1 Å². The summed E-state index contributed by atoms with van der Waals surface area (Å²) < 4.78 is 40.0. The van der Waals surface area contributed by atoms with E-state index in [2.05, 4.69) is 0 Å². The zero-order valence-corrected chi connectivity index (χ0v) is 16.0. The Hall–Kier alpha value is -2.83. The Bertz CT molecular complexity index is 1000. The number of hydrogen-bond acceptors (Lipinski definition) is 3. The third-order valence-electron chi connectivity index (χ3n) is 5.78. The van der Waals surface area contributed by atoms with Gasteiger partial charge in [-0.25, -0.2) is 0 Å². The van der Waals surface area contributed by atoms with Gasteiger partial charge in [0.2, 0.25) is 0 Å². The van der Waals surface area contributed by atoms with Crippen molar-refractivity contribution >= 4 is 11.7 Å². The monoisotopic (exact) mass is 403 g/mol. The zero-order chi connectivity index (χ0) is 21.1. The fourth-order valence-electron chi connectivity index (χ4n) is 4.24. The molecule has 0 saturated heterocycles. The second-order valence-corrected chi connectivity index (χ2v) is 7.96. The van der Waals surface area contributed by atoms with Crippen molar-refractivity contribution in [1.29, 1.82) is 0 Å². The summed E-state index contributed by atoms with van der Waals surface area (Å²) in [7, 11) is 0. The highest BCUT2D eigenvalue weighted by atomic mass is 19.4. The van der Waals surface area contributed by atoms with Gasteiger partial charge in [0, 0.05) is 24.2 Å². The summed E-state index contributed by atoms with van der Waals surface area (Å²) in [6, 6.07) is 8.97. The molecule has 7 heteroatoms. The van der Waals surface area contributed by atoms with E-state index in [1.54, 1.807) is 18.7 Å². The third kappa shape index (κ3) is 3.09. The van der Waals surface area contributed by atoms with Crippen LogP contribution in [0.1, 0.15) is 62.7 Å². The maximum atomic E-state index is 13.3. The molecule has 0 saturated carbocycles. The van der Waals surface area contributed by atoms with Crippen LogP contribution in [0.2, 0.25) is 0 Å². The first-order valence-electron chi connectivity index (χ1n) is 9.45. The van der Waals surface area contributed by atoms with Crippen molar-refractivity contribution in [3.05, 3.63) is 63.7 Å². The second kappa shape index (κ2) is 6.61. The van der Waals surface area contributed by atoms with Gasteiger partial charge < -0.3 is 10.0 Å². The maximum absolute atomic E-state index is 13.3. The Balaban J connectivity index is 1.77. The molecule has 1 heterocycles. The number of benzene rings is 2. The summed E-state index contributed by atoms with van der Waals surface area (Å²) in [6.45, 7) is 4.24. The molecule has 1 amide bonds. The molecule has 1 atom stereocenters. The van der Waals surface area contributed by atoms with Crippen LogP contribution in [0.15, 0.2) is 30.3 Å². The highest BCUT2D eigenvalue weighted by Crippen LogP contribution is 2.45. The number of Topliss-reactive ketones (excluding diaryl/α,β-unsaturated/α-hetero) is 1. The Morgan fingerprint density at radius 2 is 1.76 bits per heavy atom. The number of amides is 1. The molecule has 0 aromatic heterocycles. The van der Waals surface area contributed by atoms with Gasteiger partial charge in [0.1, 0.15) is 11.7 Å². The lowest BCUT2D eigenvalue weighted by atomic mass is 9.90. The Kier molecular flexibility index (Phi) is 4.44. The quantitative estimate of drug-likeness (QED) is 0.798. The van der Waals surface area contributed by atoms with Crippen LogP contribution in [-0.4, -0.2) is 27.9 Å². The minimum absolute atomic E-state index is 0.0455. The molecule has 2 aliphatic rings. The van der Waals surface area contributed by atoms with Crippen LogP contribution in [-0.2, 0) is 19.5 Å². The minimum atomic E-state index is -4.70. The highest BCUT2D eigenvalue weighted by molar-refractivity contribution is 6.07. The zero-order valence-electron chi connectivity index (χ0n) is 16.0. The summed E-state index contributed by atoms with van der Waals surface area (Å²) in [5.41, 5.74) is 2.17. The van der Waals surface area contributed by atoms with E-state index in [0.717, 1.165) is 11.1 Å². The molecule has 2 aromatic carbocycles. The van der Waals surface area contributed by atoms with Crippen molar-refractivity contribution in [2.75, 3.05) is 0 Å². The first kappa shape index (κ1) is 19.5. The summed E-state index contributed by atoms with van der Waals surface area (Å²) in [4.78, 5) is 27.2. The van der Waals surface area contributed by atoms with E-state index in [1.807, 2.05) is 24.3 Å². The third-order valence-corrected chi connectivity index (χ3v) is 5.78. The number of aromatic hydroxyl groups is 1. The van der Waals surface area contributed by atoms with Crippen molar-refractivity contribution < 1.29 is 27.9 Å². The number of carbonyl (C=O) groups excluding carboxylic acids is 2. The normalized spacial score (nSPS) is 18.3. The van der Waals surface area contributed by atoms with Gasteiger partial charge in [-0.15, -0.1) is 0 Å². The molecule has 29 heavy (non-hydrogen) atoms. The maximum Gasteiger partial charge on any atom is 0.399 e. The Labute approximate surface area is 165 Å². The number of fused-ring (bicyclic) bond motifs is 2. The summed E-state index contributed by atoms with van der Waals surface area (Å²) in [5, 5.41) is 10.7. The van der Waals surface area contributed by atoms with Crippen LogP contribution >= 0.6 is 0 Å². The van der Waals surface area contributed by atoms with Crippen molar-refractivity contribution in [3.63, 3.8) is 0 Å². The molecule has 0 fully saturated rings. The summed E-state index contributed by atoms with van der Waals surface area (Å²) in [6.07, 6.45) is -5.33. The smallest absolute Gasteiger partial charge is 0.399 e. The van der Waals surface area contributed by atoms with Gasteiger partial charge in [-0.3, -0.25) is 9.59 Å². The summed E-state index contributed by atoms with van der Waals surface area (Å²) >= 11 is 0. The molecule has 1 N–H and O–H groups in total. The Morgan fingerprint density at radius 3 is 2.28 bits per heavy atom. The average Bonchev–Trinajstić information content (AvgIpc) is 3.23. The summed E-state index contributed by atoms with van der Waals surface area (Å²) in [5.74, 6) is -4.44. The number of carbonyl (C=O) groups is 2. The second-order valence-electron chi connectivity index (χ2n) is 7.96. The van der Waals surface area contributed by atoms with Crippen molar-refractivity contribution in [1.82, 2.24) is 4.90 Å². The van der Waals surface area contributed by atoms with Crippen LogP contribution in [0.25, 0.3) is 0 Å². The molecule has 0 spiro atoms. The molecular formula is C22H20F3NO3. The van der Waals surface area contributed by atoms with Crippen LogP contribution in [0.3, 0.4) is 0 Å². The van der Waals surface area contributed by atoms with Crippen molar-refractivity contribution in [2.24, 2.45) is 5.92 Å². The lowest BCUT2D eigenvalue weighted by Crippen LogP contribution is -2.28. The molecule has 2 aromatic rings. The van der Waals surface area contributed by atoms with E-state index in [1.165, 1.54) is 6.07 Å². The number of rotatable bonds is 2. The van der Waals surface area contributed by atoms with Gasteiger partial charge in [0.15, 0.2) is 5.78 Å². The van der Waals surface area contributed by atoms with Crippen molar-refractivity contribution in [3.8, 4) is 5.75 Å². The van der Waals surface area contributed by atoms with Gasteiger partial charge in [-0.1, -0.05) is 38.1 Å². The predicted octanol–water partition coefficient (Wildman–Crippen LogP) is 4.59. The molecule has 4 rings (SSSR count).